The average Bonchev–Trinajstić information content (AvgIpc) is 2.71. The Kier molecular flexibility index (Phi) is 12.3. The summed E-state index contributed by atoms with van der Waals surface area (Å²) in [6, 6.07) is -1.03. The van der Waals surface area contributed by atoms with Crippen LogP contribution in [0.1, 0.15) is 74.7 Å². The number of halogens is 1. The molecule has 4 atom stereocenters. The van der Waals surface area contributed by atoms with Crippen molar-refractivity contribution in [2.45, 2.75) is 110 Å². The topological polar surface area (TPSA) is 115 Å². The Hall–Kier alpha value is -2.07. The van der Waals surface area contributed by atoms with Gasteiger partial charge in [0.2, 0.25) is 5.91 Å². The number of amides is 2. The van der Waals surface area contributed by atoms with Gasteiger partial charge < -0.3 is 24.8 Å². The summed E-state index contributed by atoms with van der Waals surface area (Å²) in [7, 11) is 0. The van der Waals surface area contributed by atoms with Gasteiger partial charge >= 0.3 is 12.1 Å². The molecule has 0 aromatic carbocycles. The fraction of sp³-hybridized carbons (Fsp3) is 0.720. The molecule has 2 amide bonds. The van der Waals surface area contributed by atoms with Gasteiger partial charge in [-0.1, -0.05) is 34.3 Å². The standard InChI is InChI=1S/C25H42BrN3O6/c1-10-18(11-2)33-20-13-17(23(31)34-22(26)14(3)4)12-19(21(20)29-16(6)30)27-15(5)28-24(32)35-25(7,8)9/h13-14,18-22,27H,5,10-12H2,1-4,6-9H3,(H,28,32)(H,29,30)/t19-,20+,21+,22?/m0/s1. The van der Waals surface area contributed by atoms with E-state index in [2.05, 4.69) is 38.5 Å². The van der Waals surface area contributed by atoms with E-state index in [-0.39, 0.29) is 30.2 Å². The number of carbonyl (C=O) groups is 3. The van der Waals surface area contributed by atoms with Crippen molar-refractivity contribution in [2.75, 3.05) is 0 Å². The van der Waals surface area contributed by atoms with Crippen molar-refractivity contribution >= 4 is 33.9 Å². The Bertz CT molecular complexity index is 789. The van der Waals surface area contributed by atoms with E-state index < -0.39 is 40.9 Å². The molecule has 0 saturated carbocycles. The molecule has 0 heterocycles. The fourth-order valence-electron chi connectivity index (χ4n) is 3.50. The van der Waals surface area contributed by atoms with Crippen molar-refractivity contribution in [3.05, 3.63) is 24.0 Å². The highest BCUT2D eigenvalue weighted by molar-refractivity contribution is 9.09. The van der Waals surface area contributed by atoms with Gasteiger partial charge in [-0.05, 0) is 55.6 Å². The minimum absolute atomic E-state index is 0.0637. The highest BCUT2D eigenvalue weighted by Crippen LogP contribution is 2.27. The van der Waals surface area contributed by atoms with Crippen molar-refractivity contribution in [1.29, 1.82) is 0 Å². The average molecular weight is 561 g/mol. The third-order valence-electron chi connectivity index (χ3n) is 5.24. The largest absolute Gasteiger partial charge is 0.447 e. The van der Waals surface area contributed by atoms with Crippen LogP contribution in [0.25, 0.3) is 0 Å². The van der Waals surface area contributed by atoms with Crippen LogP contribution in [0, 0.1) is 5.92 Å². The number of rotatable bonds is 11. The number of alkyl carbamates (subject to hydrolysis) is 1. The van der Waals surface area contributed by atoms with Crippen LogP contribution in [-0.2, 0) is 23.8 Å². The molecule has 200 valence electrons. The van der Waals surface area contributed by atoms with Crippen molar-refractivity contribution in [3.63, 3.8) is 0 Å². The number of nitrogens with one attached hydrogen (secondary N) is 3. The van der Waals surface area contributed by atoms with Crippen molar-refractivity contribution in [1.82, 2.24) is 16.0 Å². The van der Waals surface area contributed by atoms with E-state index in [0.29, 0.717) is 5.57 Å². The van der Waals surface area contributed by atoms with Gasteiger partial charge in [-0.15, -0.1) is 0 Å². The molecular formula is C25H42BrN3O6. The van der Waals surface area contributed by atoms with E-state index in [4.69, 9.17) is 14.2 Å². The van der Waals surface area contributed by atoms with Crippen molar-refractivity contribution < 1.29 is 28.6 Å². The normalized spacial score (nSPS) is 21.1. The summed E-state index contributed by atoms with van der Waals surface area (Å²) in [5.41, 5.74) is -0.264. The molecule has 1 rings (SSSR count). The summed E-state index contributed by atoms with van der Waals surface area (Å²) in [5, 5.41) is 8.18. The van der Waals surface area contributed by atoms with E-state index in [1.165, 1.54) is 6.92 Å². The molecule has 9 nitrogen and oxygen atoms in total. The Morgan fingerprint density at radius 2 is 1.77 bits per heavy atom. The van der Waals surface area contributed by atoms with E-state index in [1.54, 1.807) is 26.8 Å². The van der Waals surface area contributed by atoms with E-state index in [0.717, 1.165) is 12.8 Å². The van der Waals surface area contributed by atoms with E-state index >= 15 is 0 Å². The molecule has 0 aromatic rings. The van der Waals surface area contributed by atoms with Gasteiger partial charge in [0.1, 0.15) is 11.4 Å². The quantitative estimate of drug-likeness (QED) is 0.255. The summed E-state index contributed by atoms with van der Waals surface area (Å²) < 4.78 is 17.2. The number of alkyl halides is 1. The van der Waals surface area contributed by atoms with Gasteiger partial charge in [0.05, 0.1) is 24.3 Å². The van der Waals surface area contributed by atoms with Crippen LogP contribution < -0.4 is 16.0 Å². The zero-order valence-corrected chi connectivity index (χ0v) is 23.8. The second-order valence-electron chi connectivity index (χ2n) is 10.0. The predicted octanol–water partition coefficient (Wildman–Crippen LogP) is 4.27. The van der Waals surface area contributed by atoms with Crippen LogP contribution in [0.15, 0.2) is 24.0 Å². The first-order valence-corrected chi connectivity index (χ1v) is 13.0. The summed E-state index contributed by atoms with van der Waals surface area (Å²) >= 11 is 3.39. The molecule has 10 heteroatoms. The van der Waals surface area contributed by atoms with Crippen LogP contribution in [-0.4, -0.2) is 52.9 Å². The Labute approximate surface area is 217 Å². The fourth-order valence-corrected chi connectivity index (χ4v) is 3.67. The third-order valence-corrected chi connectivity index (χ3v) is 6.48. The lowest BCUT2D eigenvalue weighted by molar-refractivity contribution is -0.142. The minimum atomic E-state index is -0.676. The van der Waals surface area contributed by atoms with Crippen LogP contribution in [0.2, 0.25) is 0 Å². The zero-order chi connectivity index (χ0) is 26.9. The lowest BCUT2D eigenvalue weighted by Gasteiger charge is -2.39. The van der Waals surface area contributed by atoms with Crippen LogP contribution >= 0.6 is 15.9 Å². The van der Waals surface area contributed by atoms with Gasteiger partial charge in [0.25, 0.3) is 0 Å². The first-order chi connectivity index (χ1) is 16.2. The highest BCUT2D eigenvalue weighted by Gasteiger charge is 2.38. The monoisotopic (exact) mass is 559 g/mol. The number of ether oxygens (including phenoxy) is 3. The Morgan fingerprint density at radius 1 is 1.17 bits per heavy atom. The molecule has 35 heavy (non-hydrogen) atoms. The van der Waals surface area contributed by atoms with Gasteiger partial charge in [0, 0.05) is 24.8 Å². The number of esters is 1. The highest BCUT2D eigenvalue weighted by atomic mass is 79.9. The molecule has 1 aliphatic carbocycles. The Morgan fingerprint density at radius 3 is 2.26 bits per heavy atom. The molecular weight excluding hydrogens is 518 g/mol. The lowest BCUT2D eigenvalue weighted by atomic mass is 9.87. The van der Waals surface area contributed by atoms with E-state index in [1.807, 2.05) is 27.7 Å². The molecule has 0 radical (unpaired) electrons. The van der Waals surface area contributed by atoms with E-state index in [9.17, 15) is 14.4 Å². The van der Waals surface area contributed by atoms with Gasteiger partial charge in [-0.2, -0.15) is 0 Å². The van der Waals surface area contributed by atoms with Crippen LogP contribution in [0.4, 0.5) is 4.79 Å². The van der Waals surface area contributed by atoms with Crippen LogP contribution in [0.5, 0.6) is 0 Å². The van der Waals surface area contributed by atoms with Gasteiger partial charge in [-0.3, -0.25) is 10.1 Å². The molecule has 0 fully saturated rings. The summed E-state index contributed by atoms with van der Waals surface area (Å²) in [4.78, 5) is 37.2. The maximum absolute atomic E-state index is 13.0. The minimum Gasteiger partial charge on any atom is -0.447 e. The molecule has 1 aliphatic rings. The maximum Gasteiger partial charge on any atom is 0.413 e. The summed E-state index contributed by atoms with van der Waals surface area (Å²) in [5.74, 6) is -0.461. The molecule has 0 saturated heterocycles. The molecule has 0 aromatic heterocycles. The Balaban J connectivity index is 3.22. The third kappa shape index (κ3) is 11.0. The second-order valence-corrected chi connectivity index (χ2v) is 10.9. The summed E-state index contributed by atoms with van der Waals surface area (Å²) in [6.07, 6.45) is 2.17. The zero-order valence-electron chi connectivity index (χ0n) is 22.2. The molecule has 0 bridgehead atoms. The predicted molar refractivity (Wildman–Crippen MR) is 139 cm³/mol. The smallest absolute Gasteiger partial charge is 0.413 e. The lowest BCUT2D eigenvalue weighted by Crippen LogP contribution is -2.59. The molecule has 0 spiro atoms. The number of hydrogen-bond acceptors (Lipinski definition) is 7. The maximum atomic E-state index is 13.0. The van der Waals surface area contributed by atoms with Crippen molar-refractivity contribution in [2.24, 2.45) is 5.92 Å². The number of hydrogen-bond donors (Lipinski definition) is 3. The molecule has 0 aliphatic heterocycles. The second kappa shape index (κ2) is 13.9. The van der Waals surface area contributed by atoms with Crippen molar-refractivity contribution in [3.8, 4) is 0 Å². The first kappa shape index (κ1) is 31.0. The molecule has 3 N–H and O–H groups in total. The van der Waals surface area contributed by atoms with Gasteiger partial charge in [-0.25, -0.2) is 9.59 Å². The first-order valence-electron chi connectivity index (χ1n) is 12.1. The van der Waals surface area contributed by atoms with Gasteiger partial charge in [0.15, 0.2) is 5.01 Å². The summed E-state index contributed by atoms with van der Waals surface area (Å²) in [6.45, 7) is 18.5. The molecule has 1 unspecified atom stereocenters. The SMILES string of the molecule is C=C(NC(=O)OC(C)(C)C)N[C@H]1CC(C(=O)OC(Br)C(C)C)=C[C@@H](OC(CC)CC)[C@@H]1NC(C)=O. The van der Waals surface area contributed by atoms with Crippen LogP contribution in [0.3, 0.4) is 0 Å². The number of carbonyl (C=O) groups excluding carboxylic acids is 3.